The highest BCUT2D eigenvalue weighted by atomic mass is 79.9. The third kappa shape index (κ3) is 3.09. The highest BCUT2D eigenvalue weighted by molar-refractivity contribution is 9.10. The first-order chi connectivity index (χ1) is 10.2. The summed E-state index contributed by atoms with van der Waals surface area (Å²) in [4.78, 5) is 11.3. The van der Waals surface area contributed by atoms with E-state index in [1.54, 1.807) is 0 Å². The number of rotatable bonds is 3. The molecule has 3 nitrogen and oxygen atoms in total. The van der Waals surface area contributed by atoms with Gasteiger partial charge in [-0.2, -0.15) is 5.10 Å². The fourth-order valence-corrected chi connectivity index (χ4v) is 2.93. The predicted octanol–water partition coefficient (Wildman–Crippen LogP) is 4.52. The first kappa shape index (κ1) is 14.5. The largest absolute Gasteiger partial charge is 0.277 e. The van der Waals surface area contributed by atoms with Crippen LogP contribution in [0.1, 0.15) is 23.6 Å². The molecule has 0 bridgehead atoms. The molecule has 0 fully saturated rings. The molecule has 1 amide bonds. The maximum atomic E-state index is 11.3. The molecule has 0 aliphatic carbocycles. The fraction of sp³-hybridized carbons (Fsp3) is 0.125. The quantitative estimate of drug-likeness (QED) is 0.688. The van der Waals surface area contributed by atoms with E-state index in [1.165, 1.54) is 5.01 Å². The van der Waals surface area contributed by atoms with Gasteiger partial charge in [0.05, 0.1) is 11.8 Å². The lowest BCUT2D eigenvalue weighted by atomic mass is 9.99. The Hall–Kier alpha value is -1.46. The Kier molecular flexibility index (Phi) is 4.22. The molecule has 0 spiro atoms. The Bertz CT molecular complexity index is 680. The zero-order valence-corrected chi connectivity index (χ0v) is 14.2. The average Bonchev–Trinajstić information content (AvgIpc) is 2.93. The number of hydrogen-bond acceptors (Lipinski definition) is 2. The van der Waals surface area contributed by atoms with Crippen molar-refractivity contribution in [2.45, 2.75) is 12.5 Å². The summed E-state index contributed by atoms with van der Waals surface area (Å²) in [6.07, 6.45) is 1.51. The monoisotopic (exact) mass is 406 g/mol. The lowest BCUT2D eigenvalue weighted by Gasteiger charge is -2.17. The summed E-state index contributed by atoms with van der Waals surface area (Å²) in [6, 6.07) is 16.0. The van der Waals surface area contributed by atoms with E-state index in [4.69, 9.17) is 0 Å². The Morgan fingerprint density at radius 2 is 1.57 bits per heavy atom. The van der Waals surface area contributed by atoms with Gasteiger partial charge in [0.25, 0.3) is 0 Å². The number of benzene rings is 2. The Labute approximate surface area is 139 Å². The molecule has 0 saturated carbocycles. The number of nitrogens with zero attached hydrogens (tertiary/aromatic N) is 2. The fourth-order valence-electron chi connectivity index (χ4n) is 2.40. The molecule has 1 heterocycles. The third-order valence-corrected chi connectivity index (χ3v) is 4.54. The van der Waals surface area contributed by atoms with Crippen LogP contribution in [0.15, 0.2) is 62.6 Å². The van der Waals surface area contributed by atoms with Gasteiger partial charge < -0.3 is 0 Å². The van der Waals surface area contributed by atoms with E-state index < -0.39 is 0 Å². The second-order valence-corrected chi connectivity index (χ2v) is 6.64. The maximum absolute atomic E-state index is 11.3. The second-order valence-electron chi connectivity index (χ2n) is 4.81. The van der Waals surface area contributed by atoms with Crippen molar-refractivity contribution in [3.05, 3.63) is 68.6 Å². The van der Waals surface area contributed by atoms with E-state index in [0.29, 0.717) is 0 Å². The van der Waals surface area contributed by atoms with Crippen molar-refractivity contribution in [2.24, 2.45) is 5.10 Å². The zero-order valence-electron chi connectivity index (χ0n) is 11.0. The van der Waals surface area contributed by atoms with Crippen LogP contribution in [-0.4, -0.2) is 17.1 Å². The van der Waals surface area contributed by atoms with Crippen LogP contribution in [0.5, 0.6) is 0 Å². The minimum atomic E-state index is -0.0331. The summed E-state index contributed by atoms with van der Waals surface area (Å²) in [7, 11) is 0. The van der Waals surface area contributed by atoms with Crippen LogP contribution < -0.4 is 0 Å². The van der Waals surface area contributed by atoms with Crippen LogP contribution in [-0.2, 0) is 4.79 Å². The smallest absolute Gasteiger partial charge is 0.230 e. The molecule has 1 aliphatic heterocycles. The second kappa shape index (κ2) is 6.12. The first-order valence-corrected chi connectivity index (χ1v) is 8.08. The van der Waals surface area contributed by atoms with Gasteiger partial charge >= 0.3 is 0 Å². The van der Waals surface area contributed by atoms with Crippen molar-refractivity contribution in [1.82, 2.24) is 5.01 Å². The van der Waals surface area contributed by atoms with E-state index in [1.807, 2.05) is 48.5 Å². The molecular weight excluding hydrogens is 396 g/mol. The number of hydrazone groups is 1. The van der Waals surface area contributed by atoms with Crippen LogP contribution in [0.3, 0.4) is 0 Å². The number of carbonyl (C=O) groups is 1. The molecule has 2 aromatic rings. The normalized spacial score (nSPS) is 17.7. The van der Waals surface area contributed by atoms with Crippen molar-refractivity contribution in [3.8, 4) is 0 Å². The van der Waals surface area contributed by atoms with Crippen LogP contribution in [0.2, 0.25) is 0 Å². The van der Waals surface area contributed by atoms with Crippen molar-refractivity contribution < 1.29 is 4.79 Å². The molecule has 3 rings (SSSR count). The van der Waals surface area contributed by atoms with Crippen molar-refractivity contribution >= 4 is 44.0 Å². The van der Waals surface area contributed by atoms with E-state index in [9.17, 15) is 4.79 Å². The molecule has 0 saturated heterocycles. The molecule has 2 aromatic carbocycles. The Balaban J connectivity index is 1.88. The number of amides is 1. The zero-order chi connectivity index (χ0) is 14.8. The molecule has 0 aromatic heterocycles. The number of hydrogen-bond donors (Lipinski definition) is 0. The summed E-state index contributed by atoms with van der Waals surface area (Å²) < 4.78 is 2.05. The van der Waals surface area contributed by atoms with Crippen molar-refractivity contribution in [3.63, 3.8) is 0 Å². The van der Waals surface area contributed by atoms with Crippen LogP contribution in [0.25, 0.3) is 0 Å². The Morgan fingerprint density at radius 1 is 1.00 bits per heavy atom. The van der Waals surface area contributed by atoms with Crippen molar-refractivity contribution in [1.29, 1.82) is 0 Å². The predicted molar refractivity (Wildman–Crippen MR) is 90.1 cm³/mol. The SMILES string of the molecule is O=CN1N=C(c2ccc(Br)cc2)CC1c1ccc(Br)cc1. The summed E-state index contributed by atoms with van der Waals surface area (Å²) in [5, 5.41) is 5.94. The van der Waals surface area contributed by atoms with Crippen molar-refractivity contribution in [2.75, 3.05) is 0 Å². The molecule has 0 radical (unpaired) electrons. The third-order valence-electron chi connectivity index (χ3n) is 3.48. The molecule has 21 heavy (non-hydrogen) atoms. The highest BCUT2D eigenvalue weighted by Gasteiger charge is 2.28. The van der Waals surface area contributed by atoms with E-state index in [2.05, 4.69) is 37.0 Å². The van der Waals surface area contributed by atoms with Gasteiger partial charge in [-0.15, -0.1) is 0 Å². The molecule has 0 N–H and O–H groups in total. The van der Waals surface area contributed by atoms with Gasteiger partial charge in [-0.1, -0.05) is 56.1 Å². The Morgan fingerprint density at radius 3 is 2.14 bits per heavy atom. The maximum Gasteiger partial charge on any atom is 0.230 e. The molecule has 5 heteroatoms. The number of carbonyl (C=O) groups excluding carboxylic acids is 1. The van der Waals surface area contributed by atoms with Crippen LogP contribution in [0, 0.1) is 0 Å². The molecular formula is C16H12Br2N2O. The molecule has 1 unspecified atom stereocenters. The van der Waals surface area contributed by atoms with E-state index in [-0.39, 0.29) is 6.04 Å². The lowest BCUT2D eigenvalue weighted by Crippen LogP contribution is -2.17. The lowest BCUT2D eigenvalue weighted by molar-refractivity contribution is -0.119. The highest BCUT2D eigenvalue weighted by Crippen LogP contribution is 2.32. The first-order valence-electron chi connectivity index (χ1n) is 6.50. The van der Waals surface area contributed by atoms with Gasteiger partial charge in [-0.25, -0.2) is 5.01 Å². The molecule has 1 atom stereocenters. The minimum Gasteiger partial charge on any atom is -0.277 e. The summed E-state index contributed by atoms with van der Waals surface area (Å²) >= 11 is 6.85. The van der Waals surface area contributed by atoms with E-state index in [0.717, 1.165) is 38.6 Å². The molecule has 1 aliphatic rings. The summed E-state index contributed by atoms with van der Waals surface area (Å²) in [5.74, 6) is 0. The van der Waals surface area contributed by atoms with Gasteiger partial charge in [0.2, 0.25) is 6.41 Å². The standard InChI is InChI=1S/C16H12Br2N2O/c17-13-5-1-11(2-6-13)15-9-16(20(10-21)19-15)12-3-7-14(18)8-4-12/h1-8,10,16H,9H2. The van der Waals surface area contributed by atoms with Gasteiger partial charge in [0.15, 0.2) is 0 Å². The topological polar surface area (TPSA) is 32.7 Å². The summed E-state index contributed by atoms with van der Waals surface area (Å²) in [6.45, 7) is 0. The van der Waals surface area contributed by atoms with E-state index >= 15 is 0 Å². The minimum absolute atomic E-state index is 0.0331. The van der Waals surface area contributed by atoms with Crippen LogP contribution in [0.4, 0.5) is 0 Å². The summed E-state index contributed by atoms with van der Waals surface area (Å²) in [5.41, 5.74) is 3.06. The van der Waals surface area contributed by atoms with Crippen LogP contribution >= 0.6 is 31.9 Å². The van der Waals surface area contributed by atoms with Gasteiger partial charge in [0, 0.05) is 15.4 Å². The average molecular weight is 408 g/mol. The number of halogens is 2. The molecule has 106 valence electrons. The van der Waals surface area contributed by atoms with Gasteiger partial charge in [-0.05, 0) is 35.4 Å². The van der Waals surface area contributed by atoms with Gasteiger partial charge in [0.1, 0.15) is 0 Å². The van der Waals surface area contributed by atoms with Gasteiger partial charge in [-0.3, -0.25) is 4.79 Å².